The minimum absolute atomic E-state index is 0. The van der Waals surface area contributed by atoms with Gasteiger partial charge in [-0.25, -0.2) is 8.78 Å². The fraction of sp³-hybridized carbons (Fsp3) is 0.710. The topological polar surface area (TPSA) is 147 Å². The first-order valence-corrected chi connectivity index (χ1v) is 14.8. The van der Waals surface area contributed by atoms with Crippen molar-refractivity contribution in [3.63, 3.8) is 0 Å². The van der Waals surface area contributed by atoms with Gasteiger partial charge in [-0.05, 0) is 30.2 Å². The molecule has 6 unspecified atom stereocenters. The second kappa shape index (κ2) is 38.0. The van der Waals surface area contributed by atoms with Gasteiger partial charge in [0.2, 0.25) is 12.6 Å². The van der Waals surface area contributed by atoms with E-state index in [4.69, 9.17) is 28.4 Å². The van der Waals surface area contributed by atoms with E-state index < -0.39 is 79.5 Å². The number of carbonyl (C=O) groups excluding carboxylic acids is 3. The Labute approximate surface area is 389 Å². The Morgan fingerprint density at radius 3 is 1.43 bits per heavy atom. The molecule has 2 saturated heterocycles. The molecule has 2 aliphatic heterocycles. The number of alkyl halides is 2. The monoisotopic (exact) mass is 972 g/mol. The van der Waals surface area contributed by atoms with Crippen LogP contribution < -0.4 is 0 Å². The third-order valence-electron chi connectivity index (χ3n) is 7.65. The lowest BCUT2D eigenvalue weighted by Crippen LogP contribution is -2.61. The highest BCUT2D eigenvalue weighted by atomic mass is 32.1. The van der Waals surface area contributed by atoms with Crippen LogP contribution in [-0.4, -0.2) is 89.7 Å². The van der Waals surface area contributed by atoms with Gasteiger partial charge in [0.1, 0.15) is 36.8 Å². The molecule has 1 aromatic rings. The van der Waals surface area contributed by atoms with Crippen LogP contribution in [0.4, 0.5) is 8.78 Å². The van der Waals surface area contributed by atoms with Gasteiger partial charge in [0, 0.05) is 20.8 Å². The van der Waals surface area contributed by atoms with Crippen molar-refractivity contribution in [2.24, 2.45) is 11.8 Å². The number of benzene rings is 1. The smallest absolute Gasteiger partial charge is 0.305 e. The summed E-state index contributed by atoms with van der Waals surface area (Å²) < 4.78 is 59.7. The van der Waals surface area contributed by atoms with Crippen molar-refractivity contribution in [1.82, 2.24) is 0 Å². The van der Waals surface area contributed by atoms with E-state index in [0.717, 1.165) is 19.4 Å². The van der Waals surface area contributed by atoms with Crippen molar-refractivity contribution in [2.75, 3.05) is 0 Å². The molecule has 0 spiro atoms. The lowest BCUT2D eigenvalue weighted by atomic mass is 9.81. The molecule has 2 N–H and O–H groups in total. The van der Waals surface area contributed by atoms with Gasteiger partial charge in [0.15, 0.2) is 6.10 Å². The van der Waals surface area contributed by atoms with Crippen LogP contribution >= 0.6 is 135 Å². The lowest BCUT2D eigenvalue weighted by Gasteiger charge is -2.44. The van der Waals surface area contributed by atoms with Crippen molar-refractivity contribution in [3.05, 3.63) is 35.9 Å². The van der Waals surface area contributed by atoms with Gasteiger partial charge in [-0.1, -0.05) is 58.0 Å². The van der Waals surface area contributed by atoms with Crippen LogP contribution in [0.15, 0.2) is 30.3 Å². The average Bonchev–Trinajstić information content (AvgIpc) is 2.97. The van der Waals surface area contributed by atoms with Gasteiger partial charge in [-0.15, -0.1) is 0 Å². The molecule has 0 radical (unpaired) electrons. The molecule has 330 valence electrons. The number of halogens is 2. The number of aliphatic hydroxyl groups excluding tert-OH is 2. The second-order valence-corrected chi connectivity index (χ2v) is 11.0. The van der Waals surface area contributed by atoms with Crippen LogP contribution in [0.2, 0.25) is 0 Å². The molecule has 2 aliphatic rings. The molecule has 1 aromatic carbocycles. The number of hydrogen-bond acceptors (Lipinski definition) is 11. The molecule has 2 fully saturated rings. The fourth-order valence-electron chi connectivity index (χ4n) is 5.07. The van der Waals surface area contributed by atoms with E-state index in [2.05, 4.69) is 0 Å². The molecule has 0 bridgehead atoms. The van der Waals surface area contributed by atoms with Crippen LogP contribution in [-0.2, 0) is 49.4 Å². The molecule has 12 atom stereocenters. The summed E-state index contributed by atoms with van der Waals surface area (Å²) in [4.78, 5) is 33.4. The normalized spacial score (nSPS) is 27.0. The zero-order valence-corrected chi connectivity index (χ0v) is 41.3. The maximum atomic E-state index is 14.2. The SMILES string of the molecule is CC[C@H](F)C1OC(OC(C)=O)C(OC(C)=O)[C@@H](O)[C@@H]1O.CC[C@H](F)C1OC(OC(C)=O)C(OCc2ccccc2)[C@@H](C)[C@@H]1C.S.S.S.S.S.S.S.S.S.S. The highest BCUT2D eigenvalue weighted by molar-refractivity contribution is 7.60. The van der Waals surface area contributed by atoms with Gasteiger partial charge >= 0.3 is 17.9 Å². The van der Waals surface area contributed by atoms with Gasteiger partial charge < -0.3 is 38.6 Å². The molecular formula is C31H66F2O11S10. The molecular weight excluding hydrogens is 907 g/mol. The third kappa shape index (κ3) is 23.4. The Balaban J connectivity index is -0.0000000914. The van der Waals surface area contributed by atoms with Crippen LogP contribution in [0.5, 0.6) is 0 Å². The molecule has 2 heterocycles. The van der Waals surface area contributed by atoms with Gasteiger partial charge in [0.05, 0.1) is 12.7 Å². The minimum atomic E-state index is -1.62. The summed E-state index contributed by atoms with van der Waals surface area (Å²) in [6.07, 6.45) is -11.6. The summed E-state index contributed by atoms with van der Waals surface area (Å²) in [7, 11) is 0. The highest BCUT2D eigenvalue weighted by Gasteiger charge is 2.50. The standard InChI is InChI=1S/C19H27FO4.C12H19FO7.10H2S/c1-5-16(20)17-12(2)13(3)18(19(24-17)23-14(4)21)22-11-15-9-7-6-8-10-15;1-4-7(13)10-8(16)9(17)11(18-5(2)14)12(20-10)19-6(3)15;;;;;;;;;;/h6-10,12-13,16-19H,5,11H2,1-4H3;7-12,16-17H,4H2,1-3H3;10*1H2/t12-,13-,16-,17?,18?,19?;7-,8-,9-,10?,11?,12?;;;;;;;;;;/m00........../s1. The largest absolute Gasteiger partial charge is 0.453 e. The Morgan fingerprint density at radius 1 is 0.630 bits per heavy atom. The molecule has 23 heteroatoms. The molecule has 54 heavy (non-hydrogen) atoms. The molecule has 0 aromatic heterocycles. The second-order valence-electron chi connectivity index (χ2n) is 11.0. The maximum Gasteiger partial charge on any atom is 0.305 e. The van der Waals surface area contributed by atoms with Crippen LogP contribution in [0.25, 0.3) is 0 Å². The van der Waals surface area contributed by atoms with E-state index in [1.807, 2.05) is 44.2 Å². The Kier molecular flexibility index (Phi) is 53.2. The first-order chi connectivity index (χ1) is 20.7. The van der Waals surface area contributed by atoms with E-state index in [9.17, 15) is 33.4 Å². The summed E-state index contributed by atoms with van der Waals surface area (Å²) in [6, 6.07) is 9.76. The zero-order chi connectivity index (χ0) is 33.1. The number of carbonyl (C=O) groups is 3. The van der Waals surface area contributed by atoms with Crippen LogP contribution in [0.1, 0.15) is 66.9 Å². The van der Waals surface area contributed by atoms with Crippen molar-refractivity contribution in [2.45, 2.75) is 129 Å². The zero-order valence-electron chi connectivity index (χ0n) is 31.3. The first-order valence-electron chi connectivity index (χ1n) is 14.8. The summed E-state index contributed by atoms with van der Waals surface area (Å²) in [6.45, 7) is 11.2. The van der Waals surface area contributed by atoms with E-state index in [-0.39, 0.29) is 153 Å². The van der Waals surface area contributed by atoms with E-state index in [1.165, 1.54) is 13.8 Å². The van der Waals surface area contributed by atoms with Crippen LogP contribution in [0, 0.1) is 11.8 Å². The molecule has 0 amide bonds. The minimum Gasteiger partial charge on any atom is -0.453 e. The number of ether oxygens (including phenoxy) is 6. The lowest BCUT2D eigenvalue weighted by molar-refractivity contribution is -0.299. The van der Waals surface area contributed by atoms with Crippen molar-refractivity contribution < 1.29 is 61.8 Å². The summed E-state index contributed by atoms with van der Waals surface area (Å²) in [5.41, 5.74) is 1.03. The maximum absolute atomic E-state index is 14.2. The Morgan fingerprint density at radius 2 is 1.02 bits per heavy atom. The first kappa shape index (κ1) is 75.6. The Hall–Kier alpha value is 0.790. The van der Waals surface area contributed by atoms with E-state index in [1.54, 1.807) is 6.92 Å². The van der Waals surface area contributed by atoms with Gasteiger partial charge in [-0.2, -0.15) is 135 Å². The van der Waals surface area contributed by atoms with Crippen molar-refractivity contribution >= 4 is 153 Å². The summed E-state index contributed by atoms with van der Waals surface area (Å²) in [5, 5.41) is 19.7. The number of esters is 3. The number of aliphatic hydroxyl groups is 2. The van der Waals surface area contributed by atoms with Gasteiger partial charge in [0.25, 0.3) is 0 Å². The molecule has 11 nitrogen and oxygen atoms in total. The predicted molar refractivity (Wildman–Crippen MR) is 256 cm³/mol. The van der Waals surface area contributed by atoms with E-state index in [0.29, 0.717) is 13.0 Å². The van der Waals surface area contributed by atoms with Crippen LogP contribution in [0.3, 0.4) is 0 Å². The Bertz CT molecular complexity index is 1080. The van der Waals surface area contributed by atoms with Crippen molar-refractivity contribution in [3.8, 4) is 0 Å². The third-order valence-corrected chi connectivity index (χ3v) is 7.65. The van der Waals surface area contributed by atoms with Crippen molar-refractivity contribution in [1.29, 1.82) is 0 Å². The predicted octanol–water partition coefficient (Wildman–Crippen LogP) is 4.68. The molecule has 0 saturated carbocycles. The quantitative estimate of drug-likeness (QED) is 0.249. The average molecular weight is 974 g/mol. The number of hydrogen-bond donors (Lipinski definition) is 2. The summed E-state index contributed by atoms with van der Waals surface area (Å²) >= 11 is 0. The summed E-state index contributed by atoms with van der Waals surface area (Å²) in [5.74, 6) is -2.00. The molecule has 0 aliphatic carbocycles. The highest BCUT2D eigenvalue weighted by Crippen LogP contribution is 2.36. The van der Waals surface area contributed by atoms with Gasteiger partial charge in [-0.3, -0.25) is 14.4 Å². The molecule has 3 rings (SSSR count). The van der Waals surface area contributed by atoms with E-state index >= 15 is 0 Å². The number of rotatable bonds is 10. The fourth-order valence-corrected chi connectivity index (χ4v) is 5.07.